The Labute approximate surface area is 111 Å². The van der Waals surface area contributed by atoms with Crippen molar-refractivity contribution in [3.63, 3.8) is 0 Å². The highest BCUT2D eigenvalue weighted by Crippen LogP contribution is 2.02. The number of rotatable bonds is 5. The van der Waals surface area contributed by atoms with Crippen LogP contribution in [0, 0.1) is 0 Å². The Bertz CT molecular complexity index is 515. The fourth-order valence-corrected chi connectivity index (χ4v) is 1.70. The minimum absolute atomic E-state index is 0.186. The molecular weight excluding hydrogens is 240 g/mol. The number of nitrogens with zero attached hydrogens (tertiary/aromatic N) is 2. The number of benzene rings is 1. The second-order valence-corrected chi connectivity index (χ2v) is 4.23. The molecule has 0 aliphatic rings. The van der Waals surface area contributed by atoms with E-state index < -0.39 is 6.04 Å². The van der Waals surface area contributed by atoms with Crippen molar-refractivity contribution in [3.8, 4) is 0 Å². The second-order valence-electron chi connectivity index (χ2n) is 4.23. The van der Waals surface area contributed by atoms with Crippen LogP contribution < -0.4 is 11.1 Å². The van der Waals surface area contributed by atoms with Crippen molar-refractivity contribution in [3.05, 3.63) is 59.9 Å². The van der Waals surface area contributed by atoms with Gasteiger partial charge >= 0.3 is 0 Å². The van der Waals surface area contributed by atoms with Crippen molar-refractivity contribution in [1.29, 1.82) is 0 Å². The van der Waals surface area contributed by atoms with Gasteiger partial charge in [-0.25, -0.2) is 0 Å². The summed E-state index contributed by atoms with van der Waals surface area (Å²) in [5, 5.41) is 10.4. The van der Waals surface area contributed by atoms with E-state index in [4.69, 9.17) is 5.73 Å². The highest BCUT2D eigenvalue weighted by molar-refractivity contribution is 5.81. The van der Waals surface area contributed by atoms with Crippen molar-refractivity contribution >= 4 is 5.91 Å². The van der Waals surface area contributed by atoms with Crippen LogP contribution in [0.4, 0.5) is 0 Å². The average molecular weight is 256 g/mol. The molecule has 1 aromatic carbocycles. The molecule has 0 aliphatic carbocycles. The Morgan fingerprint density at radius 2 is 2.00 bits per heavy atom. The van der Waals surface area contributed by atoms with Gasteiger partial charge in [-0.3, -0.25) is 4.79 Å². The summed E-state index contributed by atoms with van der Waals surface area (Å²) in [5.41, 5.74) is 7.62. The van der Waals surface area contributed by atoms with Gasteiger partial charge in [0.25, 0.3) is 0 Å². The maximum Gasteiger partial charge on any atom is 0.237 e. The summed E-state index contributed by atoms with van der Waals surface area (Å²) in [6.07, 6.45) is 2.11. The van der Waals surface area contributed by atoms with Crippen LogP contribution in [0.15, 0.2) is 48.7 Å². The molecule has 1 heterocycles. The van der Waals surface area contributed by atoms with Crippen LogP contribution in [0.2, 0.25) is 0 Å². The van der Waals surface area contributed by atoms with Crippen molar-refractivity contribution < 1.29 is 4.79 Å². The summed E-state index contributed by atoms with van der Waals surface area (Å²) in [5.74, 6) is -0.186. The smallest absolute Gasteiger partial charge is 0.237 e. The lowest BCUT2D eigenvalue weighted by Crippen LogP contribution is -2.41. The predicted molar refractivity (Wildman–Crippen MR) is 72.0 cm³/mol. The van der Waals surface area contributed by atoms with Crippen LogP contribution in [0.1, 0.15) is 11.3 Å². The van der Waals surface area contributed by atoms with Crippen molar-refractivity contribution in [2.45, 2.75) is 19.0 Å². The Kier molecular flexibility index (Phi) is 4.58. The third kappa shape index (κ3) is 4.15. The van der Waals surface area contributed by atoms with Crippen molar-refractivity contribution in [1.82, 2.24) is 15.5 Å². The van der Waals surface area contributed by atoms with Crippen LogP contribution in [0.25, 0.3) is 0 Å². The van der Waals surface area contributed by atoms with Crippen LogP contribution >= 0.6 is 0 Å². The molecule has 2 aromatic rings. The van der Waals surface area contributed by atoms with E-state index in [9.17, 15) is 4.79 Å². The molecule has 1 aromatic heterocycles. The number of hydrogen-bond acceptors (Lipinski definition) is 4. The number of hydrogen-bond donors (Lipinski definition) is 2. The summed E-state index contributed by atoms with van der Waals surface area (Å²) < 4.78 is 0. The molecule has 3 N–H and O–H groups in total. The van der Waals surface area contributed by atoms with Crippen LogP contribution in [0.3, 0.4) is 0 Å². The number of amides is 1. The topological polar surface area (TPSA) is 80.9 Å². The van der Waals surface area contributed by atoms with Gasteiger partial charge in [0.2, 0.25) is 5.91 Å². The minimum atomic E-state index is -0.556. The zero-order valence-electron chi connectivity index (χ0n) is 10.5. The number of nitrogens with two attached hydrogens (primary N) is 1. The average Bonchev–Trinajstić information content (AvgIpc) is 2.47. The molecule has 0 saturated carbocycles. The summed E-state index contributed by atoms with van der Waals surface area (Å²) in [6, 6.07) is 12.7. The molecule has 0 radical (unpaired) electrons. The van der Waals surface area contributed by atoms with Gasteiger partial charge < -0.3 is 11.1 Å². The van der Waals surface area contributed by atoms with E-state index in [1.54, 1.807) is 18.3 Å². The second kappa shape index (κ2) is 6.61. The summed E-state index contributed by atoms with van der Waals surface area (Å²) in [6.45, 7) is 0.342. The maximum absolute atomic E-state index is 11.8. The highest BCUT2D eigenvalue weighted by Gasteiger charge is 2.13. The van der Waals surface area contributed by atoms with Gasteiger partial charge in [-0.2, -0.15) is 10.2 Å². The molecule has 1 unspecified atom stereocenters. The summed E-state index contributed by atoms with van der Waals surface area (Å²) >= 11 is 0. The number of nitrogens with one attached hydrogen (secondary N) is 1. The molecule has 0 saturated heterocycles. The van der Waals surface area contributed by atoms with Gasteiger partial charge in [-0.1, -0.05) is 30.3 Å². The summed E-state index contributed by atoms with van der Waals surface area (Å²) in [4.78, 5) is 11.8. The fraction of sp³-hybridized carbons (Fsp3) is 0.214. The van der Waals surface area contributed by atoms with Gasteiger partial charge in [0.1, 0.15) is 0 Å². The SMILES string of the molecule is NC(Cc1ccccc1)C(=O)NCc1cccnn1. The zero-order chi connectivity index (χ0) is 13.5. The van der Waals surface area contributed by atoms with Crippen molar-refractivity contribution in [2.24, 2.45) is 5.73 Å². The third-order valence-electron chi connectivity index (χ3n) is 2.71. The van der Waals surface area contributed by atoms with E-state index >= 15 is 0 Å². The molecule has 98 valence electrons. The van der Waals surface area contributed by atoms with E-state index in [2.05, 4.69) is 15.5 Å². The molecule has 1 amide bonds. The first kappa shape index (κ1) is 13.2. The molecule has 1 atom stereocenters. The molecule has 19 heavy (non-hydrogen) atoms. The van der Waals surface area contributed by atoms with Crippen LogP contribution in [0.5, 0.6) is 0 Å². The van der Waals surface area contributed by atoms with Crippen LogP contribution in [-0.2, 0) is 17.8 Å². The Morgan fingerprint density at radius 3 is 2.68 bits per heavy atom. The molecule has 0 spiro atoms. The van der Waals surface area contributed by atoms with Crippen molar-refractivity contribution in [2.75, 3.05) is 0 Å². The molecule has 0 bridgehead atoms. The molecule has 5 heteroatoms. The number of carbonyl (C=O) groups excluding carboxylic acids is 1. The van der Waals surface area contributed by atoms with Gasteiger partial charge in [0, 0.05) is 6.20 Å². The Morgan fingerprint density at radius 1 is 1.21 bits per heavy atom. The lowest BCUT2D eigenvalue weighted by Gasteiger charge is -2.11. The lowest BCUT2D eigenvalue weighted by molar-refractivity contribution is -0.122. The van der Waals surface area contributed by atoms with E-state index in [0.29, 0.717) is 18.7 Å². The van der Waals surface area contributed by atoms with Gasteiger partial charge in [0.15, 0.2) is 0 Å². The number of aromatic nitrogens is 2. The Balaban J connectivity index is 1.83. The zero-order valence-corrected chi connectivity index (χ0v) is 10.5. The molecular formula is C14H16N4O. The first-order chi connectivity index (χ1) is 9.25. The quantitative estimate of drug-likeness (QED) is 0.823. The van der Waals surface area contributed by atoms with E-state index in [1.165, 1.54) is 0 Å². The van der Waals surface area contributed by atoms with Gasteiger partial charge in [0.05, 0.1) is 18.3 Å². The molecule has 2 rings (SSSR count). The maximum atomic E-state index is 11.8. The minimum Gasteiger partial charge on any atom is -0.349 e. The van der Waals surface area contributed by atoms with E-state index in [-0.39, 0.29) is 5.91 Å². The molecule has 0 fully saturated rings. The fourth-order valence-electron chi connectivity index (χ4n) is 1.70. The number of carbonyl (C=O) groups is 1. The molecule has 0 aliphatic heterocycles. The van der Waals surface area contributed by atoms with Gasteiger partial charge in [-0.15, -0.1) is 0 Å². The molecule has 5 nitrogen and oxygen atoms in total. The lowest BCUT2D eigenvalue weighted by atomic mass is 10.1. The first-order valence-electron chi connectivity index (χ1n) is 6.09. The first-order valence-corrected chi connectivity index (χ1v) is 6.09. The third-order valence-corrected chi connectivity index (χ3v) is 2.71. The summed E-state index contributed by atoms with van der Waals surface area (Å²) in [7, 11) is 0. The Hall–Kier alpha value is -2.27. The van der Waals surface area contributed by atoms with Crippen LogP contribution in [-0.4, -0.2) is 22.1 Å². The predicted octanol–water partition coefficient (Wildman–Crippen LogP) is 0.663. The van der Waals surface area contributed by atoms with E-state index in [0.717, 1.165) is 5.56 Å². The highest BCUT2D eigenvalue weighted by atomic mass is 16.2. The normalized spacial score (nSPS) is 11.8. The largest absolute Gasteiger partial charge is 0.349 e. The van der Waals surface area contributed by atoms with E-state index in [1.807, 2.05) is 30.3 Å². The standard InChI is InChI=1S/C14H16N4O/c15-13(9-11-5-2-1-3-6-11)14(19)16-10-12-7-4-8-17-18-12/h1-8,13H,9-10,15H2,(H,16,19). The monoisotopic (exact) mass is 256 g/mol. The van der Waals surface area contributed by atoms with Gasteiger partial charge in [-0.05, 0) is 24.1 Å².